The molecule has 0 saturated heterocycles. The molecule has 1 aromatic heterocycles. The van der Waals surface area contributed by atoms with Gasteiger partial charge in [0.2, 0.25) is 5.43 Å². The van der Waals surface area contributed by atoms with Gasteiger partial charge in [0.1, 0.15) is 11.4 Å². The number of rotatable bonds is 3. The van der Waals surface area contributed by atoms with Crippen LogP contribution in [-0.2, 0) is 0 Å². The van der Waals surface area contributed by atoms with Crippen LogP contribution in [0, 0.1) is 5.82 Å². The summed E-state index contributed by atoms with van der Waals surface area (Å²) in [7, 11) is 0. The Morgan fingerprint density at radius 3 is 2.64 bits per heavy atom. The number of nitrogens with zero attached hydrogens (tertiary/aromatic N) is 1. The number of carboxylic acid groups (broad SMARTS) is 1. The number of carboxylic acids is 1. The third-order valence-corrected chi connectivity index (χ3v) is 5.45. The Labute approximate surface area is 144 Å². The number of fused-ring (bicyclic) bond motifs is 1. The molecule has 0 spiro atoms. The van der Waals surface area contributed by atoms with Gasteiger partial charge in [-0.25, -0.2) is 9.18 Å². The molecule has 2 atom stereocenters. The molecule has 2 aliphatic carbocycles. The first kappa shape index (κ1) is 16.3. The van der Waals surface area contributed by atoms with E-state index in [1.807, 2.05) is 4.57 Å². The highest BCUT2D eigenvalue weighted by atomic mass is 19.1. The van der Waals surface area contributed by atoms with Crippen LogP contribution in [0.1, 0.15) is 66.4 Å². The zero-order chi connectivity index (χ0) is 17.7. The molecule has 5 nitrogen and oxygen atoms in total. The lowest BCUT2D eigenvalue weighted by Crippen LogP contribution is -2.27. The summed E-state index contributed by atoms with van der Waals surface area (Å²) < 4.78 is 16.2. The van der Waals surface area contributed by atoms with Crippen molar-refractivity contribution in [2.24, 2.45) is 5.73 Å². The van der Waals surface area contributed by atoms with Gasteiger partial charge in [0, 0.05) is 23.7 Å². The molecule has 0 amide bonds. The number of pyridine rings is 1. The quantitative estimate of drug-likeness (QED) is 0.896. The van der Waals surface area contributed by atoms with Crippen LogP contribution in [0.15, 0.2) is 23.1 Å². The third-order valence-electron chi connectivity index (χ3n) is 5.45. The van der Waals surface area contributed by atoms with Crippen LogP contribution in [0.2, 0.25) is 0 Å². The molecule has 4 rings (SSSR count). The first-order valence-corrected chi connectivity index (χ1v) is 8.83. The minimum Gasteiger partial charge on any atom is -0.477 e. The fourth-order valence-electron chi connectivity index (χ4n) is 4.10. The average Bonchev–Trinajstić information content (AvgIpc) is 3.39. The van der Waals surface area contributed by atoms with Crippen LogP contribution in [0.4, 0.5) is 4.39 Å². The standard InChI is InChI=1S/C19H21FN2O3/c20-11-7-14(10-2-1-3-12(21)6-10)17-15(8-11)18(23)16(19(24)25)9-22(17)13-4-5-13/h7-10,12-13H,1-6,21H2,(H,24,25). The average molecular weight is 344 g/mol. The van der Waals surface area contributed by atoms with Crippen LogP contribution in [0.5, 0.6) is 0 Å². The molecule has 2 fully saturated rings. The Hall–Kier alpha value is -2.21. The Balaban J connectivity index is 2.01. The van der Waals surface area contributed by atoms with Crippen molar-refractivity contribution in [3.63, 3.8) is 0 Å². The van der Waals surface area contributed by atoms with Crippen molar-refractivity contribution in [3.8, 4) is 0 Å². The number of nitrogens with two attached hydrogens (primary N) is 1. The molecule has 25 heavy (non-hydrogen) atoms. The maximum absolute atomic E-state index is 14.3. The highest BCUT2D eigenvalue weighted by molar-refractivity contribution is 5.93. The van der Waals surface area contributed by atoms with E-state index < -0.39 is 17.2 Å². The van der Waals surface area contributed by atoms with Gasteiger partial charge in [-0.1, -0.05) is 6.42 Å². The van der Waals surface area contributed by atoms with E-state index >= 15 is 0 Å². The molecule has 0 radical (unpaired) electrons. The molecular formula is C19H21FN2O3. The van der Waals surface area contributed by atoms with Crippen LogP contribution in [0.25, 0.3) is 10.9 Å². The van der Waals surface area contributed by atoms with Gasteiger partial charge in [-0.15, -0.1) is 0 Å². The number of halogens is 1. The fraction of sp³-hybridized carbons (Fsp3) is 0.474. The van der Waals surface area contributed by atoms with E-state index in [0.717, 1.165) is 44.1 Å². The monoisotopic (exact) mass is 344 g/mol. The molecule has 3 N–H and O–H groups in total. The molecule has 1 aromatic carbocycles. The summed E-state index contributed by atoms with van der Waals surface area (Å²) in [5.74, 6) is -1.67. The van der Waals surface area contributed by atoms with Crippen LogP contribution in [0.3, 0.4) is 0 Å². The Morgan fingerprint density at radius 2 is 2.00 bits per heavy atom. The summed E-state index contributed by atoms with van der Waals surface area (Å²) in [4.78, 5) is 24.1. The highest BCUT2D eigenvalue weighted by Gasteiger charge is 2.30. The molecule has 2 saturated carbocycles. The lowest BCUT2D eigenvalue weighted by molar-refractivity contribution is 0.0695. The molecule has 2 aliphatic rings. The van der Waals surface area contributed by atoms with Crippen molar-refractivity contribution in [2.45, 2.75) is 56.5 Å². The van der Waals surface area contributed by atoms with Crippen LogP contribution in [-0.4, -0.2) is 21.7 Å². The normalized spacial score (nSPS) is 23.8. The van der Waals surface area contributed by atoms with Crippen molar-refractivity contribution < 1.29 is 14.3 Å². The largest absolute Gasteiger partial charge is 0.477 e. The Bertz CT molecular complexity index is 917. The summed E-state index contributed by atoms with van der Waals surface area (Å²) in [6.07, 6.45) is 6.93. The van der Waals surface area contributed by atoms with Gasteiger partial charge >= 0.3 is 5.97 Å². The van der Waals surface area contributed by atoms with Crippen molar-refractivity contribution in [3.05, 3.63) is 45.5 Å². The topological polar surface area (TPSA) is 85.3 Å². The minimum atomic E-state index is -1.27. The maximum atomic E-state index is 14.3. The van der Waals surface area contributed by atoms with Crippen molar-refractivity contribution in [1.82, 2.24) is 4.57 Å². The zero-order valence-electron chi connectivity index (χ0n) is 13.9. The first-order valence-electron chi connectivity index (χ1n) is 8.83. The highest BCUT2D eigenvalue weighted by Crippen LogP contribution is 2.41. The van der Waals surface area contributed by atoms with E-state index in [1.54, 1.807) is 0 Å². The SMILES string of the molecule is NC1CCCC(c2cc(F)cc3c(=O)c(C(=O)O)cn(C4CC4)c23)C1. The van der Waals surface area contributed by atoms with Gasteiger partial charge in [0.05, 0.1) is 5.52 Å². The molecule has 1 heterocycles. The summed E-state index contributed by atoms with van der Waals surface area (Å²) in [6.45, 7) is 0. The fourth-order valence-corrected chi connectivity index (χ4v) is 4.10. The summed E-state index contributed by atoms with van der Waals surface area (Å²) in [6, 6.07) is 2.94. The van der Waals surface area contributed by atoms with E-state index in [4.69, 9.17) is 5.73 Å². The number of benzene rings is 1. The predicted molar refractivity (Wildman–Crippen MR) is 92.6 cm³/mol. The van der Waals surface area contributed by atoms with Gasteiger partial charge in [-0.3, -0.25) is 4.79 Å². The van der Waals surface area contributed by atoms with Crippen LogP contribution < -0.4 is 11.2 Å². The smallest absolute Gasteiger partial charge is 0.341 e. The second-order valence-corrected chi connectivity index (χ2v) is 7.33. The second-order valence-electron chi connectivity index (χ2n) is 7.33. The van der Waals surface area contributed by atoms with Crippen molar-refractivity contribution in [1.29, 1.82) is 0 Å². The van der Waals surface area contributed by atoms with Crippen LogP contribution >= 0.6 is 0 Å². The van der Waals surface area contributed by atoms with E-state index in [0.29, 0.717) is 5.52 Å². The van der Waals surface area contributed by atoms with Crippen molar-refractivity contribution in [2.75, 3.05) is 0 Å². The summed E-state index contributed by atoms with van der Waals surface area (Å²) in [5.41, 5.74) is 6.69. The molecule has 0 bridgehead atoms. The third kappa shape index (κ3) is 2.84. The van der Waals surface area contributed by atoms with E-state index in [-0.39, 0.29) is 29.0 Å². The van der Waals surface area contributed by atoms with Gasteiger partial charge in [0.15, 0.2) is 0 Å². The first-order chi connectivity index (χ1) is 12.0. The molecule has 0 aliphatic heterocycles. The van der Waals surface area contributed by atoms with Crippen molar-refractivity contribution >= 4 is 16.9 Å². The van der Waals surface area contributed by atoms with Gasteiger partial charge in [-0.05, 0) is 55.7 Å². The number of hydrogen-bond acceptors (Lipinski definition) is 3. The lowest BCUT2D eigenvalue weighted by Gasteiger charge is -2.28. The molecule has 2 unspecified atom stereocenters. The minimum absolute atomic E-state index is 0.0801. The number of aromatic carboxylic acids is 1. The second kappa shape index (κ2) is 5.95. The Morgan fingerprint density at radius 1 is 1.24 bits per heavy atom. The van der Waals surface area contributed by atoms with Gasteiger partial charge in [0.25, 0.3) is 0 Å². The molecular weight excluding hydrogens is 323 g/mol. The molecule has 6 heteroatoms. The van der Waals surface area contributed by atoms with Gasteiger partial charge in [-0.2, -0.15) is 0 Å². The number of hydrogen-bond donors (Lipinski definition) is 2. The lowest BCUT2D eigenvalue weighted by atomic mass is 9.80. The van der Waals surface area contributed by atoms with E-state index in [1.165, 1.54) is 18.3 Å². The number of aromatic nitrogens is 1. The number of carbonyl (C=O) groups is 1. The molecule has 2 aromatic rings. The predicted octanol–water partition coefficient (Wildman–Crippen LogP) is 3.16. The summed E-state index contributed by atoms with van der Waals surface area (Å²) in [5, 5.41) is 9.52. The maximum Gasteiger partial charge on any atom is 0.341 e. The zero-order valence-corrected chi connectivity index (χ0v) is 13.9. The molecule has 132 valence electrons. The van der Waals surface area contributed by atoms with E-state index in [9.17, 15) is 19.1 Å². The van der Waals surface area contributed by atoms with E-state index in [2.05, 4.69) is 0 Å². The summed E-state index contributed by atoms with van der Waals surface area (Å²) >= 11 is 0. The van der Waals surface area contributed by atoms with Gasteiger partial charge < -0.3 is 15.4 Å². The Kier molecular flexibility index (Phi) is 3.87.